The SMILES string of the molecule is CN1CCC[C@@]1(C)[C@@H](S)COC(=O)N[C@H]1CC[C@H](c2ncc(-c3ccc(NC(=O)NCc4ccccc4)cc3S(=O)(=O)NC(C)(C)C)s2)CC1. The predicted molar refractivity (Wildman–Crippen MR) is 202 cm³/mol. The molecule has 2 atom stereocenters. The third-order valence-electron chi connectivity index (χ3n) is 9.59. The number of carbonyl (C=O) groups is 2. The lowest BCUT2D eigenvalue weighted by Gasteiger charge is -2.37. The number of thiazole rings is 1. The molecule has 14 heteroatoms. The summed E-state index contributed by atoms with van der Waals surface area (Å²) in [6.07, 6.45) is 6.74. The molecule has 1 saturated heterocycles. The Hall–Kier alpha value is -3.17. The van der Waals surface area contributed by atoms with Crippen molar-refractivity contribution in [3.8, 4) is 10.4 Å². The van der Waals surface area contributed by atoms with Crippen LogP contribution in [0.1, 0.15) is 82.7 Å². The number of amides is 3. The average molecular weight is 743 g/mol. The van der Waals surface area contributed by atoms with Crippen molar-refractivity contribution in [3.05, 3.63) is 65.3 Å². The smallest absolute Gasteiger partial charge is 0.407 e. The molecule has 5 rings (SSSR count). The van der Waals surface area contributed by atoms with Crippen molar-refractivity contribution in [3.63, 3.8) is 0 Å². The molecule has 1 aliphatic heterocycles. The van der Waals surface area contributed by atoms with Gasteiger partial charge in [0.1, 0.15) is 6.61 Å². The molecule has 4 N–H and O–H groups in total. The number of thiol groups is 1. The van der Waals surface area contributed by atoms with Crippen molar-refractivity contribution in [1.29, 1.82) is 0 Å². The van der Waals surface area contributed by atoms with E-state index in [0.29, 0.717) is 17.8 Å². The summed E-state index contributed by atoms with van der Waals surface area (Å²) < 4.78 is 35.7. The van der Waals surface area contributed by atoms with Gasteiger partial charge in [-0.3, -0.25) is 4.90 Å². The lowest BCUT2D eigenvalue weighted by atomic mass is 9.86. The first-order valence-electron chi connectivity index (χ1n) is 17.2. The number of nitrogens with one attached hydrogen (secondary N) is 4. The number of likely N-dealkylation sites (tertiary alicyclic amines) is 1. The standard InChI is InChI=1S/C36H50N6O5S3/c1-35(2,3)41-50(45,46)30-20-27(39-33(43)38-21-24-10-7-6-8-11-24)16-17-28(30)29-22-37-32(49-29)25-12-14-26(15-13-25)40-34(44)47-23-31(48)36(4)18-9-19-42(36)5/h6-8,10-11,16-17,20,22,25-26,31,41,48H,9,12-15,18-19,21,23H2,1-5H3,(H,40,44)(H2,38,39,43)/t25-,26-,31-,36-/m0/s1. The molecular weight excluding hydrogens is 693 g/mol. The van der Waals surface area contributed by atoms with Gasteiger partial charge < -0.3 is 20.7 Å². The van der Waals surface area contributed by atoms with Crippen LogP contribution in [-0.4, -0.2) is 73.0 Å². The van der Waals surface area contributed by atoms with Gasteiger partial charge in [0, 0.05) is 47.0 Å². The quantitative estimate of drug-likeness (QED) is 0.137. The number of benzene rings is 2. The fourth-order valence-electron chi connectivity index (χ4n) is 6.61. The summed E-state index contributed by atoms with van der Waals surface area (Å²) in [5, 5.41) is 9.49. The number of ether oxygens (including phenoxy) is 1. The predicted octanol–water partition coefficient (Wildman–Crippen LogP) is 6.74. The fraction of sp³-hybridized carbons (Fsp3) is 0.528. The number of anilines is 1. The second kappa shape index (κ2) is 16.0. The number of rotatable bonds is 11. The number of carbonyl (C=O) groups excluding carboxylic acids is 2. The van der Waals surface area contributed by atoms with Gasteiger partial charge in [-0.1, -0.05) is 36.4 Å². The molecular formula is C36H50N6O5S3. The van der Waals surface area contributed by atoms with Gasteiger partial charge in [0.25, 0.3) is 0 Å². The van der Waals surface area contributed by atoms with Crippen LogP contribution in [0.25, 0.3) is 10.4 Å². The van der Waals surface area contributed by atoms with E-state index in [1.807, 2.05) is 30.3 Å². The largest absolute Gasteiger partial charge is 0.448 e. The van der Waals surface area contributed by atoms with Crippen LogP contribution in [0.2, 0.25) is 0 Å². The maximum Gasteiger partial charge on any atom is 0.407 e. The van der Waals surface area contributed by atoms with E-state index >= 15 is 0 Å². The van der Waals surface area contributed by atoms with E-state index in [1.165, 1.54) is 17.4 Å². The van der Waals surface area contributed by atoms with Gasteiger partial charge in [-0.2, -0.15) is 12.6 Å². The number of hydrogen-bond donors (Lipinski definition) is 5. The second-order valence-electron chi connectivity index (χ2n) is 14.6. The molecule has 1 aliphatic carbocycles. The highest BCUT2D eigenvalue weighted by molar-refractivity contribution is 7.89. The summed E-state index contributed by atoms with van der Waals surface area (Å²) in [5.41, 5.74) is 1.01. The first-order chi connectivity index (χ1) is 23.6. The molecule has 0 unspecified atom stereocenters. The Labute approximate surface area is 305 Å². The molecule has 3 amide bonds. The van der Waals surface area contributed by atoms with E-state index in [9.17, 15) is 18.0 Å². The van der Waals surface area contributed by atoms with Crippen LogP contribution in [-0.2, 0) is 21.3 Å². The van der Waals surface area contributed by atoms with Gasteiger partial charge in [0.2, 0.25) is 10.0 Å². The summed E-state index contributed by atoms with van der Waals surface area (Å²) in [6.45, 7) is 9.14. The Morgan fingerprint density at radius 2 is 1.84 bits per heavy atom. The third kappa shape index (κ3) is 9.78. The van der Waals surface area contributed by atoms with Crippen molar-refractivity contribution in [1.82, 2.24) is 25.2 Å². The Morgan fingerprint density at radius 1 is 1.12 bits per heavy atom. The van der Waals surface area contributed by atoms with Gasteiger partial charge in [0.15, 0.2) is 0 Å². The number of urea groups is 1. The molecule has 2 fully saturated rings. The average Bonchev–Trinajstić information content (AvgIpc) is 3.69. The van der Waals surface area contributed by atoms with E-state index in [2.05, 4.69) is 39.5 Å². The molecule has 3 aromatic rings. The van der Waals surface area contributed by atoms with Crippen molar-refractivity contribution >= 4 is 51.8 Å². The monoisotopic (exact) mass is 742 g/mol. The zero-order valence-electron chi connectivity index (χ0n) is 29.5. The zero-order valence-corrected chi connectivity index (χ0v) is 32.0. The topological polar surface area (TPSA) is 142 Å². The van der Waals surface area contributed by atoms with Crippen LogP contribution in [0.3, 0.4) is 0 Å². The molecule has 11 nitrogen and oxygen atoms in total. The summed E-state index contributed by atoms with van der Waals surface area (Å²) >= 11 is 6.24. The minimum atomic E-state index is -3.97. The Kier molecular flexibility index (Phi) is 12.2. The van der Waals surface area contributed by atoms with Crippen LogP contribution < -0.4 is 20.7 Å². The van der Waals surface area contributed by atoms with E-state index in [-0.39, 0.29) is 34.3 Å². The van der Waals surface area contributed by atoms with Crippen LogP contribution in [0.15, 0.2) is 59.6 Å². The molecule has 1 aromatic heterocycles. The van der Waals surface area contributed by atoms with E-state index in [4.69, 9.17) is 22.3 Å². The Balaban J connectivity index is 1.21. The normalized spacial score (nSPS) is 22.1. The lowest BCUT2D eigenvalue weighted by molar-refractivity contribution is 0.110. The highest BCUT2D eigenvalue weighted by Gasteiger charge is 2.40. The maximum absolute atomic E-state index is 13.7. The molecule has 272 valence electrons. The van der Waals surface area contributed by atoms with Gasteiger partial charge in [0.05, 0.1) is 20.0 Å². The molecule has 50 heavy (non-hydrogen) atoms. The minimum Gasteiger partial charge on any atom is -0.448 e. The second-order valence-corrected chi connectivity index (χ2v) is 17.9. The third-order valence-corrected chi connectivity index (χ3v) is 13.3. The number of nitrogens with zero attached hydrogens (tertiary/aromatic N) is 2. The van der Waals surface area contributed by atoms with E-state index < -0.39 is 27.7 Å². The van der Waals surface area contributed by atoms with Crippen LogP contribution >= 0.6 is 24.0 Å². The van der Waals surface area contributed by atoms with Gasteiger partial charge in [-0.15, -0.1) is 11.3 Å². The summed E-state index contributed by atoms with van der Waals surface area (Å²) in [6, 6.07) is 14.0. The minimum absolute atomic E-state index is 0.0199. The highest BCUT2D eigenvalue weighted by Crippen LogP contribution is 2.40. The number of alkyl carbamates (subject to hydrolysis) is 1. The first-order valence-corrected chi connectivity index (χ1v) is 20.0. The van der Waals surface area contributed by atoms with Gasteiger partial charge in [-0.25, -0.2) is 27.7 Å². The van der Waals surface area contributed by atoms with Crippen LogP contribution in [0, 0.1) is 0 Å². The van der Waals surface area contributed by atoms with Crippen LogP contribution in [0.4, 0.5) is 15.3 Å². The molecule has 2 aromatic carbocycles. The van der Waals surface area contributed by atoms with Crippen molar-refractivity contribution < 1.29 is 22.7 Å². The zero-order chi connectivity index (χ0) is 36.1. The Morgan fingerprint density at radius 3 is 2.50 bits per heavy atom. The molecule has 0 radical (unpaired) electrons. The van der Waals surface area contributed by atoms with Crippen LogP contribution in [0.5, 0.6) is 0 Å². The van der Waals surface area contributed by atoms with E-state index in [0.717, 1.165) is 60.5 Å². The summed E-state index contributed by atoms with van der Waals surface area (Å²) in [5.74, 6) is 0.199. The summed E-state index contributed by atoms with van der Waals surface area (Å²) in [7, 11) is -1.88. The highest BCUT2D eigenvalue weighted by atomic mass is 32.2. The van der Waals surface area contributed by atoms with Crippen molar-refractivity contribution in [2.24, 2.45) is 0 Å². The molecule has 2 aliphatic rings. The molecule has 2 heterocycles. The Bertz CT molecular complexity index is 1740. The van der Waals surface area contributed by atoms with Crippen molar-refractivity contribution in [2.75, 3.05) is 25.5 Å². The molecule has 0 spiro atoms. The molecule has 0 bridgehead atoms. The maximum atomic E-state index is 13.7. The van der Waals surface area contributed by atoms with E-state index in [1.54, 1.807) is 39.1 Å². The number of aromatic nitrogens is 1. The number of hydrogen-bond acceptors (Lipinski definition) is 9. The lowest BCUT2D eigenvalue weighted by Crippen LogP contribution is -2.49. The van der Waals surface area contributed by atoms with Crippen molar-refractivity contribution in [2.45, 2.75) is 106 Å². The molecule has 1 saturated carbocycles. The summed E-state index contributed by atoms with van der Waals surface area (Å²) in [4.78, 5) is 33.1. The fourth-order valence-corrected chi connectivity index (χ4v) is 9.86. The first kappa shape index (κ1) is 38.1. The van der Waals surface area contributed by atoms with Gasteiger partial charge in [-0.05, 0) is 97.5 Å². The van der Waals surface area contributed by atoms with Gasteiger partial charge >= 0.3 is 12.1 Å². The number of sulfonamides is 1.